The predicted molar refractivity (Wildman–Crippen MR) is 114 cm³/mol. The molecule has 1 amide bonds. The monoisotopic (exact) mass is 417 g/mol. The number of nitrogens with one attached hydrogen (secondary N) is 1. The zero-order valence-corrected chi connectivity index (χ0v) is 17.3. The molecular weight excluding hydrogens is 397 g/mol. The number of hydrogen-bond donors (Lipinski definition) is 1. The van der Waals surface area contributed by atoms with Crippen LogP contribution in [0, 0.1) is 26.6 Å². The zero-order chi connectivity index (χ0) is 22.0. The molecule has 4 rings (SSSR count). The number of aromatic nitrogens is 4. The molecule has 156 valence electrons. The number of carbonyl (C=O) groups excluding carboxylic acids is 1. The number of hydrogen-bond acceptors (Lipinski definition) is 5. The smallest absolute Gasteiger partial charge is 0.258 e. The van der Waals surface area contributed by atoms with Gasteiger partial charge in [-0.1, -0.05) is 12.1 Å². The van der Waals surface area contributed by atoms with Gasteiger partial charge in [-0.15, -0.1) is 0 Å². The number of carbonyl (C=O) groups is 1. The van der Waals surface area contributed by atoms with Crippen molar-refractivity contribution in [3.8, 4) is 17.4 Å². The zero-order valence-electron chi connectivity index (χ0n) is 17.3. The van der Waals surface area contributed by atoms with Gasteiger partial charge in [-0.3, -0.25) is 4.79 Å². The molecule has 8 heteroatoms. The average molecular weight is 417 g/mol. The first-order valence-corrected chi connectivity index (χ1v) is 9.62. The van der Waals surface area contributed by atoms with E-state index in [0.717, 1.165) is 11.4 Å². The second kappa shape index (κ2) is 8.35. The summed E-state index contributed by atoms with van der Waals surface area (Å²) < 4.78 is 21.4. The van der Waals surface area contributed by atoms with Crippen molar-refractivity contribution >= 4 is 11.6 Å². The lowest BCUT2D eigenvalue weighted by Gasteiger charge is -2.10. The molecule has 1 N–H and O–H groups in total. The quantitative estimate of drug-likeness (QED) is 0.506. The first kappa shape index (κ1) is 20.2. The van der Waals surface area contributed by atoms with Gasteiger partial charge in [-0.25, -0.2) is 14.1 Å². The van der Waals surface area contributed by atoms with Crippen molar-refractivity contribution in [2.45, 2.75) is 20.8 Å². The summed E-state index contributed by atoms with van der Waals surface area (Å²) >= 11 is 0. The van der Waals surface area contributed by atoms with Crippen molar-refractivity contribution in [3.63, 3.8) is 0 Å². The highest BCUT2D eigenvalue weighted by atomic mass is 19.1. The molecule has 31 heavy (non-hydrogen) atoms. The molecule has 0 radical (unpaired) electrons. The van der Waals surface area contributed by atoms with E-state index in [-0.39, 0.29) is 5.56 Å². The maximum Gasteiger partial charge on any atom is 0.258 e. The van der Waals surface area contributed by atoms with Crippen LogP contribution in [0.3, 0.4) is 0 Å². The van der Waals surface area contributed by atoms with Gasteiger partial charge in [-0.05, 0) is 63.2 Å². The Kier molecular flexibility index (Phi) is 5.44. The molecule has 2 aromatic carbocycles. The van der Waals surface area contributed by atoms with Crippen LogP contribution < -0.4 is 10.1 Å². The van der Waals surface area contributed by atoms with E-state index in [1.165, 1.54) is 18.2 Å². The van der Waals surface area contributed by atoms with Crippen molar-refractivity contribution in [3.05, 3.63) is 89.3 Å². The van der Waals surface area contributed by atoms with Gasteiger partial charge in [0.2, 0.25) is 5.88 Å². The lowest BCUT2D eigenvalue weighted by atomic mass is 10.2. The highest BCUT2D eigenvalue weighted by Crippen LogP contribution is 2.24. The molecule has 7 nitrogen and oxygen atoms in total. The molecule has 0 aliphatic rings. The molecule has 0 saturated heterocycles. The summed E-state index contributed by atoms with van der Waals surface area (Å²) in [6.45, 7) is 5.65. The Labute approximate surface area is 178 Å². The van der Waals surface area contributed by atoms with Crippen LogP contribution in [0.2, 0.25) is 0 Å². The van der Waals surface area contributed by atoms with E-state index in [4.69, 9.17) is 4.74 Å². The molecule has 4 aromatic rings. The minimum Gasteiger partial charge on any atom is -0.439 e. The number of halogens is 1. The Hall–Kier alpha value is -4.07. The standard InChI is InChI=1S/C23H20FN5O2/c1-14-12-15(2)29(28-14)21-13-22(26-16(3)25-21)31-18-10-8-17(9-11-18)27-23(30)19-6-4-5-7-20(19)24/h4-13H,1-3H3,(H,27,30). The molecule has 2 heterocycles. The van der Waals surface area contributed by atoms with Crippen molar-refractivity contribution < 1.29 is 13.9 Å². The summed E-state index contributed by atoms with van der Waals surface area (Å²) in [6, 6.07) is 16.2. The summed E-state index contributed by atoms with van der Waals surface area (Å²) in [4.78, 5) is 21.0. The maximum atomic E-state index is 13.8. The number of benzene rings is 2. The molecule has 0 aliphatic heterocycles. The Morgan fingerprint density at radius 3 is 2.42 bits per heavy atom. The number of aryl methyl sites for hydroxylation is 3. The van der Waals surface area contributed by atoms with Gasteiger partial charge >= 0.3 is 0 Å². The fourth-order valence-corrected chi connectivity index (χ4v) is 3.12. The number of amides is 1. The predicted octanol–water partition coefficient (Wildman–Crippen LogP) is 4.77. The van der Waals surface area contributed by atoms with E-state index in [2.05, 4.69) is 20.4 Å². The van der Waals surface area contributed by atoms with Crippen LogP contribution in [0.25, 0.3) is 5.82 Å². The second-order valence-electron chi connectivity index (χ2n) is 7.01. The number of ether oxygens (including phenoxy) is 1. The molecular formula is C23H20FN5O2. The van der Waals surface area contributed by atoms with Crippen molar-refractivity contribution in [1.82, 2.24) is 19.7 Å². The summed E-state index contributed by atoms with van der Waals surface area (Å²) in [5.74, 6) is 0.973. The van der Waals surface area contributed by atoms with E-state index in [9.17, 15) is 9.18 Å². The Bertz CT molecular complexity index is 1250. The molecule has 0 spiro atoms. The van der Waals surface area contributed by atoms with Crippen molar-refractivity contribution in [2.24, 2.45) is 0 Å². The SMILES string of the molecule is Cc1cc(C)n(-c2cc(Oc3ccc(NC(=O)c4ccccc4F)cc3)nc(C)n2)n1. The van der Waals surface area contributed by atoms with E-state index in [1.807, 2.05) is 19.9 Å². The third kappa shape index (κ3) is 4.58. The Balaban J connectivity index is 1.50. The van der Waals surface area contributed by atoms with Crippen LogP contribution in [0.1, 0.15) is 27.6 Å². The Morgan fingerprint density at radius 1 is 1.00 bits per heavy atom. The molecule has 0 saturated carbocycles. The van der Waals surface area contributed by atoms with Crippen LogP contribution in [-0.4, -0.2) is 25.7 Å². The first-order chi connectivity index (χ1) is 14.9. The third-order valence-electron chi connectivity index (χ3n) is 4.48. The number of anilines is 1. The van der Waals surface area contributed by atoms with Gasteiger partial charge in [0.25, 0.3) is 5.91 Å². The molecule has 0 atom stereocenters. The lowest BCUT2D eigenvalue weighted by molar-refractivity contribution is 0.102. The highest BCUT2D eigenvalue weighted by Gasteiger charge is 2.12. The van der Waals surface area contributed by atoms with Crippen molar-refractivity contribution in [1.29, 1.82) is 0 Å². The molecule has 0 fully saturated rings. The summed E-state index contributed by atoms with van der Waals surface area (Å²) in [5.41, 5.74) is 2.35. The number of nitrogens with zero attached hydrogens (tertiary/aromatic N) is 4. The van der Waals surface area contributed by atoms with Crippen LogP contribution in [-0.2, 0) is 0 Å². The first-order valence-electron chi connectivity index (χ1n) is 9.62. The normalized spacial score (nSPS) is 10.7. The second-order valence-corrected chi connectivity index (χ2v) is 7.01. The summed E-state index contributed by atoms with van der Waals surface area (Å²) in [5, 5.41) is 7.11. The van der Waals surface area contributed by atoms with Crippen LogP contribution in [0.4, 0.5) is 10.1 Å². The van der Waals surface area contributed by atoms with E-state index in [1.54, 1.807) is 48.0 Å². The van der Waals surface area contributed by atoms with Gasteiger partial charge in [-0.2, -0.15) is 10.1 Å². The molecule has 2 aromatic heterocycles. The van der Waals surface area contributed by atoms with E-state index in [0.29, 0.717) is 29.0 Å². The topological polar surface area (TPSA) is 81.9 Å². The van der Waals surface area contributed by atoms with Gasteiger partial charge in [0.05, 0.1) is 11.3 Å². The van der Waals surface area contributed by atoms with Gasteiger partial charge in [0.15, 0.2) is 5.82 Å². The fraction of sp³-hybridized carbons (Fsp3) is 0.130. The van der Waals surface area contributed by atoms with E-state index < -0.39 is 11.7 Å². The largest absolute Gasteiger partial charge is 0.439 e. The summed E-state index contributed by atoms with van der Waals surface area (Å²) in [6.07, 6.45) is 0. The van der Waals surface area contributed by atoms with Crippen molar-refractivity contribution in [2.75, 3.05) is 5.32 Å². The minimum absolute atomic E-state index is 0.0176. The molecule has 0 aliphatic carbocycles. The third-order valence-corrected chi connectivity index (χ3v) is 4.48. The van der Waals surface area contributed by atoms with Gasteiger partial charge in [0, 0.05) is 17.4 Å². The fourth-order valence-electron chi connectivity index (χ4n) is 3.12. The molecule has 0 unspecified atom stereocenters. The van der Waals surface area contributed by atoms with Crippen LogP contribution in [0.15, 0.2) is 60.7 Å². The van der Waals surface area contributed by atoms with Gasteiger partial charge in [0.1, 0.15) is 17.4 Å². The van der Waals surface area contributed by atoms with E-state index >= 15 is 0 Å². The maximum absolute atomic E-state index is 13.8. The van der Waals surface area contributed by atoms with Crippen LogP contribution >= 0.6 is 0 Å². The summed E-state index contributed by atoms with van der Waals surface area (Å²) in [7, 11) is 0. The van der Waals surface area contributed by atoms with Crippen LogP contribution in [0.5, 0.6) is 11.6 Å². The minimum atomic E-state index is -0.572. The average Bonchev–Trinajstić information content (AvgIpc) is 3.07. The molecule has 0 bridgehead atoms. The lowest BCUT2D eigenvalue weighted by Crippen LogP contribution is -2.13. The van der Waals surface area contributed by atoms with Gasteiger partial charge < -0.3 is 10.1 Å². The highest BCUT2D eigenvalue weighted by molar-refractivity contribution is 6.04. The number of rotatable bonds is 5. The Morgan fingerprint density at radius 2 is 1.74 bits per heavy atom.